The summed E-state index contributed by atoms with van der Waals surface area (Å²) in [7, 11) is 0. The van der Waals surface area contributed by atoms with Crippen LogP contribution in [-0.4, -0.2) is 0 Å². The normalized spacial score (nSPS) is 12.9. The topological polar surface area (TPSA) is 0 Å². The van der Waals surface area contributed by atoms with Gasteiger partial charge in [-0.15, -0.1) is 22.7 Å². The number of hydrogen-bond donors (Lipinski definition) is 0. The predicted molar refractivity (Wildman–Crippen MR) is 154 cm³/mol. The Morgan fingerprint density at radius 3 is 1.62 bits per heavy atom. The summed E-state index contributed by atoms with van der Waals surface area (Å²) in [6.07, 6.45) is 2.30. The van der Waals surface area contributed by atoms with E-state index in [1.807, 2.05) is 22.7 Å². The molecule has 0 bridgehead atoms. The third kappa shape index (κ3) is 3.65. The molecule has 0 atom stereocenters. The van der Waals surface area contributed by atoms with Gasteiger partial charge in [0.1, 0.15) is 0 Å². The van der Waals surface area contributed by atoms with Crippen LogP contribution in [0.4, 0.5) is 0 Å². The fourth-order valence-electron chi connectivity index (χ4n) is 5.21. The van der Waals surface area contributed by atoms with Crippen LogP contribution in [0.1, 0.15) is 51.7 Å². The van der Waals surface area contributed by atoms with Crippen LogP contribution in [0.15, 0.2) is 84.9 Å². The molecule has 2 aromatic heterocycles. The molecule has 0 fully saturated rings. The predicted octanol–water partition coefficient (Wildman–Crippen LogP) is 10.5. The lowest BCUT2D eigenvalue weighted by Gasteiger charge is -2.32. The van der Waals surface area contributed by atoms with Crippen LogP contribution in [0, 0.1) is 0 Å². The van der Waals surface area contributed by atoms with Gasteiger partial charge in [-0.3, -0.25) is 0 Å². The molecule has 0 spiro atoms. The number of benzene rings is 4. The number of thiophene rings is 2. The average Bonchev–Trinajstić information content (AvgIpc) is 3.40. The molecular weight excluding hydrogens is 448 g/mol. The van der Waals surface area contributed by atoms with Crippen LogP contribution >= 0.6 is 22.7 Å². The van der Waals surface area contributed by atoms with Crippen molar-refractivity contribution in [2.45, 2.75) is 51.4 Å². The number of hydrogen-bond acceptors (Lipinski definition) is 2. The fraction of sp³-hybridized carbons (Fsp3) is 0.250. The fourth-order valence-corrected chi connectivity index (χ4v) is 7.44. The van der Waals surface area contributed by atoms with Crippen molar-refractivity contribution in [3.8, 4) is 0 Å². The molecule has 34 heavy (non-hydrogen) atoms. The van der Waals surface area contributed by atoms with Crippen LogP contribution in [0.2, 0.25) is 0 Å². The number of rotatable bonds is 5. The molecule has 2 heterocycles. The summed E-state index contributed by atoms with van der Waals surface area (Å²) in [5.41, 5.74) is 3.14. The van der Waals surface area contributed by atoms with E-state index in [2.05, 4.69) is 113 Å². The Hall–Kier alpha value is -2.68. The largest absolute Gasteiger partial charge is 0.135 e. The molecule has 0 aliphatic carbocycles. The van der Waals surface area contributed by atoms with Gasteiger partial charge in [-0.05, 0) is 65.1 Å². The van der Waals surface area contributed by atoms with Gasteiger partial charge in [0.2, 0.25) is 0 Å². The maximum atomic E-state index is 2.45. The molecular formula is C32H30S2. The van der Waals surface area contributed by atoms with Crippen molar-refractivity contribution in [2.24, 2.45) is 0 Å². The van der Waals surface area contributed by atoms with Crippen molar-refractivity contribution >= 4 is 63.0 Å². The summed E-state index contributed by atoms with van der Waals surface area (Å²) in [6.45, 7) is 9.64. The van der Waals surface area contributed by atoms with Gasteiger partial charge in [-0.25, -0.2) is 0 Å². The molecule has 0 N–H and O–H groups in total. The lowest BCUT2D eigenvalue weighted by molar-refractivity contribution is 0.375. The molecule has 6 aromatic rings. The minimum Gasteiger partial charge on any atom is -0.135 e. The van der Waals surface area contributed by atoms with Crippen molar-refractivity contribution in [3.05, 3.63) is 96.1 Å². The number of fused-ring (bicyclic) bond motifs is 6. The maximum absolute atomic E-state index is 2.45. The minimum absolute atomic E-state index is 0.121. The molecule has 4 aromatic carbocycles. The first-order valence-electron chi connectivity index (χ1n) is 12.2. The Labute approximate surface area is 209 Å². The van der Waals surface area contributed by atoms with Crippen molar-refractivity contribution < 1.29 is 0 Å². The monoisotopic (exact) mass is 478 g/mol. The van der Waals surface area contributed by atoms with Crippen molar-refractivity contribution in [3.63, 3.8) is 0 Å². The summed E-state index contributed by atoms with van der Waals surface area (Å²) < 4.78 is 5.55. The van der Waals surface area contributed by atoms with Crippen LogP contribution in [0.3, 0.4) is 0 Å². The van der Waals surface area contributed by atoms with Gasteiger partial charge in [0.15, 0.2) is 0 Å². The highest BCUT2D eigenvalue weighted by Gasteiger charge is 2.28. The Balaban J connectivity index is 1.28. The Morgan fingerprint density at radius 2 is 0.941 bits per heavy atom. The van der Waals surface area contributed by atoms with Gasteiger partial charge in [0, 0.05) is 40.3 Å². The summed E-state index contributed by atoms with van der Waals surface area (Å²) in [5, 5.41) is 5.55. The van der Waals surface area contributed by atoms with Crippen LogP contribution in [0.25, 0.3) is 40.3 Å². The van der Waals surface area contributed by atoms with Gasteiger partial charge in [0.05, 0.1) is 0 Å². The zero-order valence-corrected chi connectivity index (χ0v) is 21.9. The third-order valence-electron chi connectivity index (χ3n) is 7.69. The molecule has 0 nitrogen and oxygen atoms in total. The van der Waals surface area contributed by atoms with E-state index in [1.165, 1.54) is 51.5 Å². The molecule has 170 valence electrons. The van der Waals surface area contributed by atoms with Gasteiger partial charge < -0.3 is 0 Å². The second-order valence-corrected chi connectivity index (χ2v) is 13.1. The second-order valence-electron chi connectivity index (χ2n) is 10.9. The zero-order valence-electron chi connectivity index (χ0n) is 20.3. The van der Waals surface area contributed by atoms with Crippen LogP contribution in [-0.2, 0) is 10.8 Å². The molecule has 0 saturated heterocycles. The lowest BCUT2D eigenvalue weighted by atomic mass is 9.72. The molecule has 0 aliphatic heterocycles. The second kappa shape index (κ2) is 7.93. The third-order valence-corrected chi connectivity index (χ3v) is 9.98. The van der Waals surface area contributed by atoms with Gasteiger partial charge in [-0.1, -0.05) is 82.3 Å². The van der Waals surface area contributed by atoms with E-state index in [0.717, 1.165) is 12.8 Å². The Kier molecular flexibility index (Phi) is 5.09. The summed E-state index contributed by atoms with van der Waals surface area (Å²) >= 11 is 3.82. The summed E-state index contributed by atoms with van der Waals surface area (Å²) in [4.78, 5) is 0. The smallest absolute Gasteiger partial charge is 0.0358 e. The van der Waals surface area contributed by atoms with E-state index in [0.29, 0.717) is 0 Å². The first-order chi connectivity index (χ1) is 16.3. The van der Waals surface area contributed by atoms with E-state index in [4.69, 9.17) is 0 Å². The van der Waals surface area contributed by atoms with E-state index in [1.54, 1.807) is 0 Å². The summed E-state index contributed by atoms with van der Waals surface area (Å²) in [5.74, 6) is 0. The van der Waals surface area contributed by atoms with Gasteiger partial charge in [0.25, 0.3) is 0 Å². The highest BCUT2D eigenvalue weighted by Crippen LogP contribution is 2.41. The maximum Gasteiger partial charge on any atom is 0.0358 e. The summed E-state index contributed by atoms with van der Waals surface area (Å²) in [6, 6.07) is 31.8. The van der Waals surface area contributed by atoms with E-state index in [-0.39, 0.29) is 10.8 Å². The Bertz CT molecular complexity index is 1660. The zero-order chi connectivity index (χ0) is 23.5. The molecule has 0 amide bonds. The highest BCUT2D eigenvalue weighted by molar-refractivity contribution is 7.26. The lowest BCUT2D eigenvalue weighted by Crippen LogP contribution is -2.24. The average molecular weight is 479 g/mol. The molecule has 0 aliphatic rings. The highest BCUT2D eigenvalue weighted by atomic mass is 32.1. The van der Waals surface area contributed by atoms with E-state index >= 15 is 0 Å². The van der Waals surface area contributed by atoms with Crippen LogP contribution < -0.4 is 0 Å². The first-order valence-corrected chi connectivity index (χ1v) is 13.8. The molecule has 0 saturated carbocycles. The van der Waals surface area contributed by atoms with Crippen LogP contribution in [0.5, 0.6) is 0 Å². The van der Waals surface area contributed by atoms with Gasteiger partial charge >= 0.3 is 0 Å². The molecule has 2 heteroatoms. The standard InChI is InChI=1S/C32H30S2/c1-31(2,21-14-16-29-26(19-21)24-10-6-8-12-28(24)33-29)17-18-32(3,4)22-13-15-25-23-9-5-7-11-27(23)34-30(25)20-22/h5-16,19-20H,17-18H2,1-4H3. The van der Waals surface area contributed by atoms with E-state index in [9.17, 15) is 0 Å². The van der Waals surface area contributed by atoms with E-state index < -0.39 is 0 Å². The molecule has 0 radical (unpaired) electrons. The minimum atomic E-state index is 0.121. The van der Waals surface area contributed by atoms with Crippen molar-refractivity contribution in [1.29, 1.82) is 0 Å². The molecule has 6 rings (SSSR count). The quantitative estimate of drug-likeness (QED) is 0.231. The van der Waals surface area contributed by atoms with Gasteiger partial charge in [-0.2, -0.15) is 0 Å². The first kappa shape index (κ1) is 21.8. The van der Waals surface area contributed by atoms with Crippen molar-refractivity contribution in [1.82, 2.24) is 0 Å². The Morgan fingerprint density at radius 1 is 0.471 bits per heavy atom. The van der Waals surface area contributed by atoms with Crippen molar-refractivity contribution in [2.75, 3.05) is 0 Å². The molecule has 0 unspecified atom stereocenters. The SMILES string of the molecule is CC(C)(CCC(C)(C)c1ccc2sc3ccccc3c2c1)c1ccc2c(c1)sc1ccccc12.